The second kappa shape index (κ2) is 6.35. The molecule has 1 saturated heterocycles. The van der Waals surface area contributed by atoms with Gasteiger partial charge in [0.2, 0.25) is 5.91 Å². The Bertz CT molecular complexity index is 214. The molecule has 2 atom stereocenters. The van der Waals surface area contributed by atoms with Crippen LogP contribution in [0, 0.1) is 5.92 Å². The Kier molecular flexibility index (Phi) is 5.42. The minimum Gasteiger partial charge on any atom is -0.379 e. The summed E-state index contributed by atoms with van der Waals surface area (Å²) in [7, 11) is 3.74. The normalized spacial score (nSPS) is 25.5. The highest BCUT2D eigenvalue weighted by Crippen LogP contribution is 2.15. The van der Waals surface area contributed by atoms with Crippen LogP contribution in [0.1, 0.15) is 0 Å². The Morgan fingerprint density at radius 3 is 2.93 bits per heavy atom. The van der Waals surface area contributed by atoms with Crippen molar-refractivity contribution in [3.8, 4) is 0 Å². The molecule has 0 radical (unpaired) electrons. The van der Waals surface area contributed by atoms with Gasteiger partial charge in [0.05, 0.1) is 19.1 Å². The number of hydrogen-bond acceptors (Lipinski definition) is 4. The third-order valence-electron chi connectivity index (χ3n) is 2.78. The van der Waals surface area contributed by atoms with E-state index in [9.17, 15) is 4.79 Å². The van der Waals surface area contributed by atoms with Crippen molar-refractivity contribution in [2.75, 3.05) is 45.9 Å². The minimum absolute atomic E-state index is 0.0122. The van der Waals surface area contributed by atoms with E-state index < -0.39 is 0 Å². The van der Waals surface area contributed by atoms with Crippen LogP contribution in [0.4, 0.5) is 0 Å². The Hall–Kier alpha value is -0.260. The fourth-order valence-electron chi connectivity index (χ4n) is 1.70. The van der Waals surface area contributed by atoms with Gasteiger partial charge in [0.1, 0.15) is 0 Å². The number of amides is 1. The predicted octanol–water partition coefficient (Wildman–Crippen LogP) is 0.0422. The molecule has 1 rings (SSSR count). The Morgan fingerprint density at radius 2 is 2.33 bits per heavy atom. The minimum atomic E-state index is -0.0122. The summed E-state index contributed by atoms with van der Waals surface area (Å²) < 4.78 is 5.32. The second-order valence-corrected chi connectivity index (χ2v) is 4.78. The van der Waals surface area contributed by atoms with Crippen molar-refractivity contribution in [1.29, 1.82) is 0 Å². The molecule has 0 aromatic carbocycles. The number of carbonyl (C=O) groups excluding carboxylic acids is 1. The van der Waals surface area contributed by atoms with E-state index in [0.29, 0.717) is 13.2 Å². The molecule has 1 heterocycles. The molecule has 88 valence electrons. The van der Waals surface area contributed by atoms with Crippen LogP contribution in [-0.4, -0.2) is 62.7 Å². The van der Waals surface area contributed by atoms with E-state index in [2.05, 4.69) is 5.32 Å². The summed E-state index contributed by atoms with van der Waals surface area (Å²) in [5.74, 6) is 1.17. The van der Waals surface area contributed by atoms with Gasteiger partial charge in [-0.15, -0.1) is 0 Å². The fourth-order valence-corrected chi connectivity index (χ4v) is 2.16. The quantitative estimate of drug-likeness (QED) is 0.727. The zero-order valence-electron chi connectivity index (χ0n) is 9.66. The van der Waals surface area contributed by atoms with Gasteiger partial charge in [-0.2, -0.15) is 11.8 Å². The first kappa shape index (κ1) is 12.8. The molecule has 0 aliphatic carbocycles. The van der Waals surface area contributed by atoms with Crippen LogP contribution in [0.15, 0.2) is 0 Å². The maximum atomic E-state index is 12.0. The lowest BCUT2D eigenvalue weighted by Gasteiger charge is -2.23. The van der Waals surface area contributed by atoms with E-state index >= 15 is 0 Å². The number of thioether (sulfide) groups is 1. The first-order valence-corrected chi connectivity index (χ1v) is 6.59. The van der Waals surface area contributed by atoms with E-state index in [4.69, 9.17) is 4.74 Å². The average Bonchev–Trinajstić information content (AvgIpc) is 2.72. The lowest BCUT2D eigenvalue weighted by atomic mass is 10.0. The number of nitrogens with zero attached hydrogens (tertiary/aromatic N) is 1. The third kappa shape index (κ3) is 3.36. The number of rotatable bonds is 5. The lowest BCUT2D eigenvalue weighted by Crippen LogP contribution is -2.43. The Morgan fingerprint density at radius 1 is 1.60 bits per heavy atom. The molecule has 1 N–H and O–H groups in total. The van der Waals surface area contributed by atoms with E-state index in [1.807, 2.05) is 20.4 Å². The second-order valence-electron chi connectivity index (χ2n) is 3.79. The molecule has 15 heavy (non-hydrogen) atoms. The highest BCUT2D eigenvalue weighted by atomic mass is 32.2. The lowest BCUT2D eigenvalue weighted by molar-refractivity contribution is -0.134. The molecule has 1 amide bonds. The highest BCUT2D eigenvalue weighted by molar-refractivity contribution is 7.98. The molecule has 1 aliphatic heterocycles. The van der Waals surface area contributed by atoms with Crippen molar-refractivity contribution >= 4 is 17.7 Å². The van der Waals surface area contributed by atoms with Crippen molar-refractivity contribution in [3.63, 3.8) is 0 Å². The molecule has 0 aromatic rings. The summed E-state index contributed by atoms with van der Waals surface area (Å²) in [4.78, 5) is 13.8. The van der Waals surface area contributed by atoms with Crippen molar-refractivity contribution in [2.45, 2.75) is 6.04 Å². The van der Waals surface area contributed by atoms with Crippen LogP contribution in [0.5, 0.6) is 0 Å². The first-order valence-electron chi connectivity index (χ1n) is 5.19. The number of hydrogen-bond donors (Lipinski definition) is 1. The van der Waals surface area contributed by atoms with E-state index in [1.165, 1.54) is 0 Å². The van der Waals surface area contributed by atoms with Crippen molar-refractivity contribution < 1.29 is 9.53 Å². The first-order chi connectivity index (χ1) is 7.20. The number of nitrogens with one attached hydrogen (secondary N) is 1. The molecular formula is C10H20N2O2S. The van der Waals surface area contributed by atoms with Gasteiger partial charge in [-0.25, -0.2) is 0 Å². The van der Waals surface area contributed by atoms with Gasteiger partial charge in [0, 0.05) is 25.4 Å². The molecule has 1 aliphatic rings. The maximum Gasteiger partial charge on any atom is 0.229 e. The van der Waals surface area contributed by atoms with Crippen LogP contribution in [-0.2, 0) is 9.53 Å². The van der Waals surface area contributed by atoms with Gasteiger partial charge in [0.15, 0.2) is 0 Å². The van der Waals surface area contributed by atoms with Crippen LogP contribution >= 0.6 is 11.8 Å². The molecule has 0 aromatic heterocycles. The monoisotopic (exact) mass is 232 g/mol. The average molecular weight is 232 g/mol. The topological polar surface area (TPSA) is 41.6 Å². The largest absolute Gasteiger partial charge is 0.379 e. The van der Waals surface area contributed by atoms with E-state index in [0.717, 1.165) is 12.3 Å². The maximum absolute atomic E-state index is 12.0. The fraction of sp³-hybridized carbons (Fsp3) is 0.900. The van der Waals surface area contributed by atoms with Crippen LogP contribution < -0.4 is 5.32 Å². The van der Waals surface area contributed by atoms with Crippen molar-refractivity contribution in [2.24, 2.45) is 5.92 Å². The standard InChI is InChI=1S/C10H20N2O2S/c1-11-9-7-14-6-8(9)10(13)12(2)4-5-15-3/h8-9,11H,4-7H2,1-3H3. The SMILES string of the molecule is CNC1COCC1C(=O)N(C)CCSC. The molecule has 0 spiro atoms. The van der Waals surface area contributed by atoms with Crippen molar-refractivity contribution in [3.05, 3.63) is 0 Å². The van der Waals surface area contributed by atoms with E-state index in [1.54, 1.807) is 16.7 Å². The van der Waals surface area contributed by atoms with Crippen molar-refractivity contribution in [1.82, 2.24) is 10.2 Å². The zero-order chi connectivity index (χ0) is 11.3. The molecule has 2 unspecified atom stereocenters. The summed E-state index contributed by atoms with van der Waals surface area (Å²) in [6.07, 6.45) is 2.05. The summed E-state index contributed by atoms with van der Waals surface area (Å²) in [6, 6.07) is 0.175. The predicted molar refractivity (Wildman–Crippen MR) is 63.2 cm³/mol. The van der Waals surface area contributed by atoms with Gasteiger partial charge >= 0.3 is 0 Å². The Labute approximate surface area is 95.7 Å². The summed E-state index contributed by atoms with van der Waals surface area (Å²) in [6.45, 7) is 2.00. The Balaban J connectivity index is 2.44. The number of carbonyl (C=O) groups is 1. The smallest absolute Gasteiger partial charge is 0.229 e. The van der Waals surface area contributed by atoms with Gasteiger partial charge in [0.25, 0.3) is 0 Å². The summed E-state index contributed by atoms with van der Waals surface area (Å²) >= 11 is 1.76. The summed E-state index contributed by atoms with van der Waals surface area (Å²) in [5.41, 5.74) is 0. The van der Waals surface area contributed by atoms with E-state index in [-0.39, 0.29) is 17.9 Å². The zero-order valence-corrected chi connectivity index (χ0v) is 10.5. The van der Waals surface area contributed by atoms with Crippen LogP contribution in [0.2, 0.25) is 0 Å². The molecular weight excluding hydrogens is 212 g/mol. The number of ether oxygens (including phenoxy) is 1. The summed E-state index contributed by atoms with van der Waals surface area (Å²) in [5, 5.41) is 3.13. The van der Waals surface area contributed by atoms with Crippen LogP contribution in [0.3, 0.4) is 0 Å². The number of likely N-dealkylation sites (N-methyl/N-ethyl adjacent to an activating group) is 1. The molecule has 1 fully saturated rings. The molecule has 5 heteroatoms. The molecule has 0 saturated carbocycles. The van der Waals surface area contributed by atoms with Gasteiger partial charge in [-0.1, -0.05) is 0 Å². The van der Waals surface area contributed by atoms with Gasteiger partial charge < -0.3 is 15.0 Å². The molecule has 0 bridgehead atoms. The highest BCUT2D eigenvalue weighted by Gasteiger charge is 2.34. The van der Waals surface area contributed by atoms with Gasteiger partial charge in [-0.05, 0) is 13.3 Å². The van der Waals surface area contributed by atoms with Gasteiger partial charge in [-0.3, -0.25) is 4.79 Å². The van der Waals surface area contributed by atoms with Crippen LogP contribution in [0.25, 0.3) is 0 Å². The molecule has 4 nitrogen and oxygen atoms in total. The third-order valence-corrected chi connectivity index (χ3v) is 3.37.